The van der Waals surface area contributed by atoms with Crippen LogP contribution in [-0.2, 0) is 6.54 Å². The zero-order valence-corrected chi connectivity index (χ0v) is 12.6. The van der Waals surface area contributed by atoms with Gasteiger partial charge in [-0.1, -0.05) is 18.2 Å². The van der Waals surface area contributed by atoms with Crippen molar-refractivity contribution in [1.29, 1.82) is 0 Å². The average molecular weight is 260 g/mol. The number of rotatable bonds is 5. The quantitative estimate of drug-likeness (QED) is 0.895. The first-order valence-corrected chi connectivity index (χ1v) is 6.77. The fourth-order valence-electron chi connectivity index (χ4n) is 2.09. The first-order chi connectivity index (χ1) is 8.92. The van der Waals surface area contributed by atoms with Crippen molar-refractivity contribution >= 4 is 11.0 Å². The first kappa shape index (κ1) is 14.1. The Kier molecular flexibility index (Phi) is 3.97. The first-order valence-electron chi connectivity index (χ1n) is 6.77. The molecule has 3 heteroatoms. The average Bonchev–Trinajstić information content (AvgIpc) is 2.65. The maximum atomic E-state index is 5.78. The second kappa shape index (κ2) is 5.35. The molecule has 0 amide bonds. The second-order valence-electron chi connectivity index (χ2n) is 5.94. The zero-order chi connectivity index (χ0) is 14.0. The summed E-state index contributed by atoms with van der Waals surface area (Å²) in [5, 5.41) is 4.76. The number of nitrogens with zero attached hydrogens (tertiary/aromatic N) is 1. The van der Waals surface area contributed by atoms with Gasteiger partial charge in [-0.15, -0.1) is 0 Å². The van der Waals surface area contributed by atoms with E-state index >= 15 is 0 Å². The van der Waals surface area contributed by atoms with Crippen LogP contribution in [0.25, 0.3) is 11.0 Å². The molecule has 1 N–H and O–H groups in total. The Hall–Kier alpha value is -1.32. The number of benzene rings is 1. The number of para-hydroxylation sites is 1. The van der Waals surface area contributed by atoms with E-state index < -0.39 is 0 Å². The Morgan fingerprint density at radius 1 is 1.21 bits per heavy atom. The molecule has 1 aromatic heterocycles. The fourth-order valence-corrected chi connectivity index (χ4v) is 2.09. The van der Waals surface area contributed by atoms with Gasteiger partial charge in [0.2, 0.25) is 0 Å². The number of fused-ring (bicyclic) bond motifs is 1. The summed E-state index contributed by atoms with van der Waals surface area (Å²) < 4.78 is 5.78. The Labute approximate surface area is 115 Å². The van der Waals surface area contributed by atoms with Crippen LogP contribution in [0, 0.1) is 6.92 Å². The number of nitrogens with one attached hydrogen (secondary N) is 1. The standard InChI is InChI=1S/C16H24N2O/c1-12-14(10-17-11-16(2,3)18(4)5)13-8-6-7-9-15(13)19-12/h6-9,17H,10-11H2,1-5H3. The molecule has 0 saturated carbocycles. The van der Waals surface area contributed by atoms with Gasteiger partial charge in [-0.3, -0.25) is 0 Å². The highest BCUT2D eigenvalue weighted by molar-refractivity contribution is 5.82. The van der Waals surface area contributed by atoms with Crippen LogP contribution in [0.2, 0.25) is 0 Å². The zero-order valence-electron chi connectivity index (χ0n) is 12.6. The van der Waals surface area contributed by atoms with Crippen molar-refractivity contribution in [2.45, 2.75) is 32.9 Å². The third kappa shape index (κ3) is 2.99. The molecule has 3 nitrogen and oxygen atoms in total. The van der Waals surface area contributed by atoms with Gasteiger partial charge in [0, 0.05) is 29.6 Å². The molecule has 0 aliphatic rings. The van der Waals surface area contributed by atoms with E-state index in [0.717, 1.165) is 24.4 Å². The van der Waals surface area contributed by atoms with Crippen molar-refractivity contribution in [2.24, 2.45) is 0 Å². The molecule has 2 aromatic rings. The molecule has 0 radical (unpaired) electrons. The van der Waals surface area contributed by atoms with Crippen LogP contribution in [0.5, 0.6) is 0 Å². The van der Waals surface area contributed by atoms with Crippen molar-refractivity contribution in [2.75, 3.05) is 20.6 Å². The molecule has 1 heterocycles. The molecule has 0 atom stereocenters. The third-order valence-corrected chi connectivity index (χ3v) is 3.97. The minimum Gasteiger partial charge on any atom is -0.461 e. The highest BCUT2D eigenvalue weighted by Crippen LogP contribution is 2.25. The van der Waals surface area contributed by atoms with Gasteiger partial charge in [-0.25, -0.2) is 0 Å². The van der Waals surface area contributed by atoms with Crippen LogP contribution < -0.4 is 5.32 Å². The van der Waals surface area contributed by atoms with Gasteiger partial charge >= 0.3 is 0 Å². The van der Waals surface area contributed by atoms with Crippen LogP contribution in [0.3, 0.4) is 0 Å². The van der Waals surface area contributed by atoms with E-state index in [4.69, 9.17) is 4.42 Å². The summed E-state index contributed by atoms with van der Waals surface area (Å²) in [5.74, 6) is 1.01. The minimum atomic E-state index is 0.146. The van der Waals surface area contributed by atoms with E-state index in [-0.39, 0.29) is 5.54 Å². The summed E-state index contributed by atoms with van der Waals surface area (Å²) >= 11 is 0. The molecular formula is C16H24N2O. The highest BCUT2D eigenvalue weighted by Gasteiger charge is 2.20. The number of hydrogen-bond donors (Lipinski definition) is 1. The Morgan fingerprint density at radius 2 is 1.89 bits per heavy atom. The van der Waals surface area contributed by atoms with Crippen LogP contribution in [0.4, 0.5) is 0 Å². The van der Waals surface area contributed by atoms with Crippen LogP contribution >= 0.6 is 0 Å². The van der Waals surface area contributed by atoms with E-state index in [2.05, 4.69) is 50.3 Å². The van der Waals surface area contributed by atoms with Crippen LogP contribution in [0.1, 0.15) is 25.2 Å². The molecule has 0 spiro atoms. The minimum absolute atomic E-state index is 0.146. The van der Waals surface area contributed by atoms with Crippen LogP contribution in [0.15, 0.2) is 28.7 Å². The predicted octanol–water partition coefficient (Wildman–Crippen LogP) is 3.17. The SMILES string of the molecule is Cc1oc2ccccc2c1CNCC(C)(C)N(C)C. The largest absolute Gasteiger partial charge is 0.461 e. The van der Waals surface area contributed by atoms with Gasteiger partial charge in [-0.2, -0.15) is 0 Å². The van der Waals surface area contributed by atoms with Gasteiger partial charge in [0.15, 0.2) is 0 Å². The molecule has 0 fully saturated rings. The Balaban J connectivity index is 2.08. The normalized spacial score (nSPS) is 12.5. The molecule has 104 valence electrons. The summed E-state index contributed by atoms with van der Waals surface area (Å²) in [6, 6.07) is 8.22. The number of hydrogen-bond acceptors (Lipinski definition) is 3. The van der Waals surface area contributed by atoms with Crippen molar-refractivity contribution in [3.8, 4) is 0 Å². The number of likely N-dealkylation sites (N-methyl/N-ethyl adjacent to an activating group) is 1. The van der Waals surface area contributed by atoms with Gasteiger partial charge in [-0.05, 0) is 40.9 Å². The topological polar surface area (TPSA) is 28.4 Å². The summed E-state index contributed by atoms with van der Waals surface area (Å²) in [6.07, 6.45) is 0. The lowest BCUT2D eigenvalue weighted by Crippen LogP contribution is -2.46. The molecular weight excluding hydrogens is 236 g/mol. The van der Waals surface area contributed by atoms with E-state index in [1.54, 1.807) is 0 Å². The smallest absolute Gasteiger partial charge is 0.134 e. The molecule has 0 aliphatic carbocycles. The van der Waals surface area contributed by atoms with Gasteiger partial charge in [0.25, 0.3) is 0 Å². The van der Waals surface area contributed by atoms with E-state index in [1.807, 2.05) is 19.1 Å². The lowest BCUT2D eigenvalue weighted by molar-refractivity contribution is 0.189. The van der Waals surface area contributed by atoms with Crippen molar-refractivity contribution in [1.82, 2.24) is 10.2 Å². The fraction of sp³-hybridized carbons (Fsp3) is 0.500. The summed E-state index contributed by atoms with van der Waals surface area (Å²) in [7, 11) is 4.22. The highest BCUT2D eigenvalue weighted by atomic mass is 16.3. The number of furan rings is 1. The second-order valence-corrected chi connectivity index (χ2v) is 5.94. The Morgan fingerprint density at radius 3 is 2.58 bits per heavy atom. The van der Waals surface area contributed by atoms with E-state index in [9.17, 15) is 0 Å². The molecule has 0 bridgehead atoms. The summed E-state index contributed by atoms with van der Waals surface area (Å²) in [5.41, 5.74) is 2.39. The molecule has 0 aliphatic heterocycles. The van der Waals surface area contributed by atoms with Crippen molar-refractivity contribution in [3.63, 3.8) is 0 Å². The van der Waals surface area contributed by atoms with Crippen molar-refractivity contribution < 1.29 is 4.42 Å². The van der Waals surface area contributed by atoms with Gasteiger partial charge < -0.3 is 14.6 Å². The predicted molar refractivity (Wildman–Crippen MR) is 80.4 cm³/mol. The Bertz CT molecular complexity index is 555. The lowest BCUT2D eigenvalue weighted by atomic mass is 10.0. The monoisotopic (exact) mass is 260 g/mol. The van der Waals surface area contributed by atoms with Crippen LogP contribution in [-0.4, -0.2) is 31.1 Å². The van der Waals surface area contributed by atoms with E-state index in [0.29, 0.717) is 0 Å². The summed E-state index contributed by atoms with van der Waals surface area (Å²) in [6.45, 7) is 8.30. The molecule has 1 aromatic carbocycles. The molecule has 2 rings (SSSR count). The maximum Gasteiger partial charge on any atom is 0.134 e. The lowest BCUT2D eigenvalue weighted by Gasteiger charge is -2.32. The molecule has 0 unspecified atom stereocenters. The third-order valence-electron chi connectivity index (χ3n) is 3.97. The van der Waals surface area contributed by atoms with Crippen molar-refractivity contribution in [3.05, 3.63) is 35.6 Å². The molecule has 19 heavy (non-hydrogen) atoms. The maximum absolute atomic E-state index is 5.78. The molecule has 0 saturated heterocycles. The van der Waals surface area contributed by atoms with Gasteiger partial charge in [0.1, 0.15) is 11.3 Å². The summed E-state index contributed by atoms with van der Waals surface area (Å²) in [4.78, 5) is 2.24. The van der Waals surface area contributed by atoms with Gasteiger partial charge in [0.05, 0.1) is 0 Å². The van der Waals surface area contributed by atoms with E-state index in [1.165, 1.54) is 10.9 Å². The number of aryl methyl sites for hydroxylation is 1.